The molecule has 4 N–H and O–H groups in total. The molecule has 5 aliphatic rings. The average Bonchev–Trinajstić information content (AvgIpc) is 3.23. The first kappa shape index (κ1) is 29.8. The van der Waals surface area contributed by atoms with E-state index in [9.17, 15) is 15.3 Å². The van der Waals surface area contributed by atoms with Gasteiger partial charge in [-0.1, -0.05) is 79.2 Å². The smallest absolute Gasteiger partial charge is 0.108 e. The number of fused-ring (bicyclic) bond motifs is 7. The highest BCUT2D eigenvalue weighted by Crippen LogP contribution is 2.75. The van der Waals surface area contributed by atoms with Gasteiger partial charge in [0.1, 0.15) is 12.2 Å². The van der Waals surface area contributed by atoms with Crippen LogP contribution in [0.25, 0.3) is 0 Å². The fourth-order valence-electron chi connectivity index (χ4n) is 11.8. The van der Waals surface area contributed by atoms with Crippen LogP contribution >= 0.6 is 0 Å². The summed E-state index contributed by atoms with van der Waals surface area (Å²) in [6.07, 6.45) is 17.6. The van der Waals surface area contributed by atoms with Gasteiger partial charge < -0.3 is 20.4 Å². The Morgan fingerprint density at radius 3 is 2.13 bits per heavy atom. The zero-order valence-corrected chi connectivity index (χ0v) is 25.9. The monoisotopic (exact) mass is 542 g/mol. The van der Waals surface area contributed by atoms with Crippen LogP contribution in [0.2, 0.25) is 0 Å². The first-order valence-electron chi connectivity index (χ1n) is 16.2. The van der Waals surface area contributed by atoms with Gasteiger partial charge in [0, 0.05) is 0 Å². The lowest BCUT2D eigenvalue weighted by Gasteiger charge is -2.69. The van der Waals surface area contributed by atoms with Crippen molar-refractivity contribution in [3.63, 3.8) is 0 Å². The molecule has 0 spiro atoms. The van der Waals surface area contributed by atoms with Crippen LogP contribution in [0.15, 0.2) is 24.3 Å². The zero-order chi connectivity index (χ0) is 28.6. The number of aliphatic hydroxyl groups is 4. The van der Waals surface area contributed by atoms with Crippen molar-refractivity contribution in [3.8, 4) is 0 Å². The van der Waals surface area contributed by atoms with E-state index in [2.05, 4.69) is 72.8 Å². The highest BCUT2D eigenvalue weighted by molar-refractivity contribution is 5.32. The molecule has 0 aliphatic heterocycles. The van der Waals surface area contributed by atoms with Gasteiger partial charge in [0.2, 0.25) is 0 Å². The first-order valence-corrected chi connectivity index (χ1v) is 16.2. The molecule has 3 fully saturated rings. The molecule has 0 radical (unpaired) electrons. The molecular formula is C35H58O4. The van der Waals surface area contributed by atoms with Gasteiger partial charge in [0.05, 0.1) is 12.7 Å². The van der Waals surface area contributed by atoms with Gasteiger partial charge in [-0.25, -0.2) is 0 Å². The third-order valence-corrected chi connectivity index (χ3v) is 14.2. The topological polar surface area (TPSA) is 80.9 Å². The predicted molar refractivity (Wildman–Crippen MR) is 158 cm³/mol. The molecule has 5 rings (SSSR count). The normalized spacial score (nSPS) is 49.3. The molecule has 3 saturated carbocycles. The molecule has 0 aromatic carbocycles. The van der Waals surface area contributed by atoms with E-state index in [1.807, 2.05) is 0 Å². The number of allylic oxidation sites excluding steroid dienone is 4. The van der Waals surface area contributed by atoms with Crippen molar-refractivity contribution >= 4 is 0 Å². The summed E-state index contributed by atoms with van der Waals surface area (Å²) in [7, 11) is 0. The molecule has 0 amide bonds. The lowest BCUT2D eigenvalue weighted by atomic mass is 9.35. The SMILES string of the molecule is CC(CCC(O)C(O)C(O)CO)C1CC[C@@]2(C)C1CC[C@]1(C)C2C=CC2C3(C)CCCC(C)(C)C3C=CC21C. The lowest BCUT2D eigenvalue weighted by molar-refractivity contribution is -0.148. The van der Waals surface area contributed by atoms with E-state index in [1.54, 1.807) is 0 Å². The van der Waals surface area contributed by atoms with E-state index < -0.39 is 24.9 Å². The van der Waals surface area contributed by atoms with Crippen molar-refractivity contribution in [1.29, 1.82) is 0 Å². The summed E-state index contributed by atoms with van der Waals surface area (Å²) < 4.78 is 0. The first-order chi connectivity index (χ1) is 18.2. The summed E-state index contributed by atoms with van der Waals surface area (Å²) in [5, 5.41) is 39.4. The Balaban J connectivity index is 1.37. The molecule has 13 atom stereocenters. The van der Waals surface area contributed by atoms with Crippen LogP contribution < -0.4 is 0 Å². The van der Waals surface area contributed by atoms with Crippen molar-refractivity contribution < 1.29 is 20.4 Å². The summed E-state index contributed by atoms with van der Waals surface area (Å²) in [6, 6.07) is 0. The second-order valence-electron chi connectivity index (χ2n) is 16.4. The minimum absolute atomic E-state index is 0.177. The van der Waals surface area contributed by atoms with Crippen LogP contribution in [-0.4, -0.2) is 45.3 Å². The summed E-state index contributed by atoms with van der Waals surface area (Å²) in [4.78, 5) is 0. The third kappa shape index (κ3) is 4.28. The Hall–Kier alpha value is -0.680. The Morgan fingerprint density at radius 1 is 0.744 bits per heavy atom. The summed E-state index contributed by atoms with van der Waals surface area (Å²) in [5.41, 5.74) is 1.42. The second kappa shape index (κ2) is 9.96. The molecule has 0 saturated heterocycles. The van der Waals surface area contributed by atoms with E-state index >= 15 is 0 Å². The zero-order valence-electron chi connectivity index (χ0n) is 25.9. The van der Waals surface area contributed by atoms with E-state index in [1.165, 1.54) is 44.9 Å². The minimum Gasteiger partial charge on any atom is -0.394 e. The van der Waals surface area contributed by atoms with Gasteiger partial charge in [-0.2, -0.15) is 0 Å². The van der Waals surface area contributed by atoms with Crippen molar-refractivity contribution in [3.05, 3.63) is 24.3 Å². The van der Waals surface area contributed by atoms with Crippen LogP contribution in [0.3, 0.4) is 0 Å². The van der Waals surface area contributed by atoms with Gasteiger partial charge in [0.15, 0.2) is 0 Å². The summed E-state index contributed by atoms with van der Waals surface area (Å²) in [6.45, 7) is 17.3. The highest BCUT2D eigenvalue weighted by Gasteiger charge is 2.68. The minimum atomic E-state index is -1.28. The lowest BCUT2D eigenvalue weighted by Crippen LogP contribution is -2.62. The Kier molecular flexibility index (Phi) is 7.61. The highest BCUT2D eigenvalue weighted by atomic mass is 16.4. The Bertz CT molecular complexity index is 972. The quantitative estimate of drug-likeness (QED) is 0.276. The van der Waals surface area contributed by atoms with Crippen LogP contribution in [0.5, 0.6) is 0 Å². The van der Waals surface area contributed by atoms with Gasteiger partial charge in [0.25, 0.3) is 0 Å². The van der Waals surface area contributed by atoms with Gasteiger partial charge >= 0.3 is 0 Å². The largest absolute Gasteiger partial charge is 0.394 e. The number of hydrogen-bond acceptors (Lipinski definition) is 4. The van der Waals surface area contributed by atoms with Crippen molar-refractivity contribution in [2.24, 2.45) is 62.6 Å². The Morgan fingerprint density at radius 2 is 1.44 bits per heavy atom. The van der Waals surface area contributed by atoms with Crippen LogP contribution in [0.1, 0.15) is 106 Å². The maximum absolute atomic E-state index is 10.4. The molecule has 4 nitrogen and oxygen atoms in total. The molecule has 0 aromatic rings. The average molecular weight is 543 g/mol. The molecule has 222 valence electrons. The van der Waals surface area contributed by atoms with Crippen LogP contribution in [0.4, 0.5) is 0 Å². The molecule has 4 heteroatoms. The number of aliphatic hydroxyl groups excluding tert-OH is 4. The van der Waals surface area contributed by atoms with Gasteiger partial charge in [-0.3, -0.25) is 0 Å². The number of rotatable bonds is 7. The van der Waals surface area contributed by atoms with Crippen molar-refractivity contribution in [2.45, 2.75) is 125 Å². The molecule has 0 aromatic heterocycles. The molecule has 5 aliphatic carbocycles. The van der Waals surface area contributed by atoms with Crippen LogP contribution in [-0.2, 0) is 0 Å². The summed E-state index contributed by atoms with van der Waals surface area (Å²) in [5.74, 6) is 3.61. The molecule has 0 bridgehead atoms. The second-order valence-corrected chi connectivity index (χ2v) is 16.4. The van der Waals surface area contributed by atoms with E-state index in [-0.39, 0.29) is 10.8 Å². The van der Waals surface area contributed by atoms with Crippen LogP contribution in [0, 0.1) is 62.6 Å². The van der Waals surface area contributed by atoms with E-state index in [0.29, 0.717) is 58.2 Å². The predicted octanol–water partition coefficient (Wildman–Crippen LogP) is 6.52. The standard InChI is InChI=1S/C35H58O4/c1-22(9-10-25(37)30(39)26(38)21-36)23-13-18-32(4)24(23)14-19-34(6)28(32)11-12-29-33(5)17-8-16-31(2,3)27(33)15-20-35(29,34)7/h11-12,15,20,22-30,36-39H,8-10,13-14,16-19,21H2,1-7H3/t22?,23?,24?,25?,26?,27?,28?,29?,30?,32-,33?,34+,35?/m0/s1. The van der Waals surface area contributed by atoms with Gasteiger partial charge in [-0.15, -0.1) is 0 Å². The number of hydrogen-bond donors (Lipinski definition) is 4. The fraction of sp³-hybridized carbons (Fsp3) is 0.886. The maximum Gasteiger partial charge on any atom is 0.108 e. The Labute approximate surface area is 238 Å². The van der Waals surface area contributed by atoms with E-state index in [0.717, 1.165) is 6.42 Å². The van der Waals surface area contributed by atoms with E-state index in [4.69, 9.17) is 5.11 Å². The van der Waals surface area contributed by atoms with Crippen molar-refractivity contribution in [1.82, 2.24) is 0 Å². The van der Waals surface area contributed by atoms with Crippen molar-refractivity contribution in [2.75, 3.05) is 6.61 Å². The molecule has 11 unspecified atom stereocenters. The third-order valence-electron chi connectivity index (χ3n) is 14.2. The molecular weight excluding hydrogens is 484 g/mol. The van der Waals surface area contributed by atoms with Gasteiger partial charge in [-0.05, 0) is 114 Å². The molecule has 0 heterocycles. The summed E-state index contributed by atoms with van der Waals surface area (Å²) >= 11 is 0. The fourth-order valence-corrected chi connectivity index (χ4v) is 11.8. The maximum atomic E-state index is 10.4. The molecule has 39 heavy (non-hydrogen) atoms.